The Morgan fingerprint density at radius 3 is 2.52 bits per heavy atom. The van der Waals surface area contributed by atoms with Gasteiger partial charge in [-0.15, -0.1) is 0 Å². The lowest BCUT2D eigenvalue weighted by Gasteiger charge is -2.35. The number of imidazole rings is 1. The van der Waals surface area contributed by atoms with Crippen LogP contribution in [0.25, 0.3) is 0 Å². The molecule has 0 bridgehead atoms. The number of hydrogen-bond acceptors (Lipinski definition) is 6. The summed E-state index contributed by atoms with van der Waals surface area (Å²) in [5.41, 5.74) is 6.25. The van der Waals surface area contributed by atoms with Crippen molar-refractivity contribution in [1.82, 2.24) is 14.5 Å². The summed E-state index contributed by atoms with van der Waals surface area (Å²) in [4.78, 5) is 33.7. The summed E-state index contributed by atoms with van der Waals surface area (Å²) in [6.07, 6.45) is 0.805. The highest BCUT2D eigenvalue weighted by Crippen LogP contribution is 2.47. The zero-order valence-corrected chi connectivity index (χ0v) is 17.2. The highest BCUT2D eigenvalue weighted by atomic mass is 35.5. The molecule has 9 nitrogen and oxygen atoms in total. The molecular weight excluding hydrogens is 450 g/mol. The Balaban J connectivity index is 1.94. The Bertz CT molecular complexity index is 1170. The number of aromatic carboxylic acids is 1. The van der Waals surface area contributed by atoms with E-state index in [1.54, 1.807) is 4.90 Å². The first-order valence-electron chi connectivity index (χ1n) is 8.96. The van der Waals surface area contributed by atoms with E-state index in [-0.39, 0.29) is 33.8 Å². The van der Waals surface area contributed by atoms with Crippen LogP contribution in [0.5, 0.6) is 0 Å². The van der Waals surface area contributed by atoms with Gasteiger partial charge in [0, 0.05) is 6.20 Å². The highest BCUT2D eigenvalue weighted by Gasteiger charge is 2.41. The molecule has 0 spiro atoms. The molecule has 4 N–H and O–H groups in total. The SMILES string of the molecule is NC(=O)CC(N1c2c(C(=O)O)ccnc2NC1c1ccc(F)cc1)n1cnc(Cl)c1Cl. The molecule has 31 heavy (non-hydrogen) atoms. The van der Waals surface area contributed by atoms with Crippen molar-refractivity contribution in [3.05, 3.63) is 70.1 Å². The number of benzene rings is 1. The molecule has 1 aliphatic rings. The van der Waals surface area contributed by atoms with Crippen molar-refractivity contribution in [2.45, 2.75) is 18.8 Å². The smallest absolute Gasteiger partial charge is 0.338 e. The summed E-state index contributed by atoms with van der Waals surface area (Å²) in [7, 11) is 0. The fourth-order valence-corrected chi connectivity index (χ4v) is 3.92. The first-order valence-corrected chi connectivity index (χ1v) is 9.72. The van der Waals surface area contributed by atoms with Crippen LogP contribution in [0, 0.1) is 5.82 Å². The highest BCUT2D eigenvalue weighted by molar-refractivity contribution is 6.40. The van der Waals surface area contributed by atoms with Gasteiger partial charge in [-0.05, 0) is 23.8 Å². The van der Waals surface area contributed by atoms with Gasteiger partial charge in [-0.2, -0.15) is 0 Å². The molecule has 2 unspecified atom stereocenters. The van der Waals surface area contributed by atoms with Gasteiger partial charge in [-0.3, -0.25) is 9.36 Å². The van der Waals surface area contributed by atoms with E-state index in [2.05, 4.69) is 15.3 Å². The van der Waals surface area contributed by atoms with E-state index < -0.39 is 30.0 Å². The van der Waals surface area contributed by atoms with Crippen LogP contribution in [0.1, 0.15) is 34.7 Å². The summed E-state index contributed by atoms with van der Waals surface area (Å²) in [6.45, 7) is 0. The second-order valence-electron chi connectivity index (χ2n) is 6.75. The molecule has 4 rings (SSSR count). The minimum atomic E-state index is -1.20. The van der Waals surface area contributed by atoms with Crippen LogP contribution in [0.2, 0.25) is 10.3 Å². The Hall–Kier alpha value is -3.37. The third-order valence-corrected chi connectivity index (χ3v) is 5.62. The van der Waals surface area contributed by atoms with Crippen LogP contribution in [-0.4, -0.2) is 31.5 Å². The molecular formula is C19H15Cl2FN6O3. The number of hydrogen-bond donors (Lipinski definition) is 3. The van der Waals surface area contributed by atoms with Gasteiger partial charge in [0.05, 0.1) is 24.0 Å². The molecule has 3 heterocycles. The Labute approximate surface area is 185 Å². The molecule has 0 aliphatic carbocycles. The fraction of sp³-hybridized carbons (Fsp3) is 0.158. The van der Waals surface area contributed by atoms with Crippen molar-refractivity contribution in [2.75, 3.05) is 10.2 Å². The zero-order chi connectivity index (χ0) is 22.3. The minimum Gasteiger partial charge on any atom is -0.478 e. The van der Waals surface area contributed by atoms with Gasteiger partial charge in [0.15, 0.2) is 11.0 Å². The summed E-state index contributed by atoms with van der Waals surface area (Å²) in [5.74, 6) is -2.03. The summed E-state index contributed by atoms with van der Waals surface area (Å²) < 4.78 is 14.9. The van der Waals surface area contributed by atoms with E-state index in [0.29, 0.717) is 5.56 Å². The molecule has 0 fully saturated rings. The lowest BCUT2D eigenvalue weighted by atomic mass is 10.1. The quantitative estimate of drug-likeness (QED) is 0.509. The van der Waals surface area contributed by atoms with E-state index in [1.807, 2.05) is 0 Å². The first kappa shape index (κ1) is 20.9. The van der Waals surface area contributed by atoms with Gasteiger partial charge in [0.2, 0.25) is 5.91 Å². The van der Waals surface area contributed by atoms with Crippen LogP contribution < -0.4 is 16.0 Å². The molecule has 1 aromatic carbocycles. The van der Waals surface area contributed by atoms with Crippen molar-refractivity contribution in [3.8, 4) is 0 Å². The molecule has 2 atom stereocenters. The largest absolute Gasteiger partial charge is 0.478 e. The molecule has 1 amide bonds. The molecule has 0 saturated heterocycles. The number of anilines is 2. The number of carbonyl (C=O) groups excluding carboxylic acids is 1. The monoisotopic (exact) mass is 464 g/mol. The van der Waals surface area contributed by atoms with E-state index in [9.17, 15) is 19.1 Å². The number of rotatable bonds is 6. The lowest BCUT2D eigenvalue weighted by molar-refractivity contribution is -0.118. The number of carboxylic acid groups (broad SMARTS) is 1. The maximum atomic E-state index is 13.5. The van der Waals surface area contributed by atoms with Crippen LogP contribution in [0.15, 0.2) is 42.9 Å². The molecule has 0 saturated carbocycles. The Kier molecular flexibility index (Phi) is 5.42. The normalized spacial score (nSPS) is 16.0. The molecule has 1 aliphatic heterocycles. The van der Waals surface area contributed by atoms with Gasteiger partial charge >= 0.3 is 5.97 Å². The number of nitrogens with two attached hydrogens (primary N) is 1. The van der Waals surface area contributed by atoms with Crippen molar-refractivity contribution < 1.29 is 19.1 Å². The summed E-state index contributed by atoms with van der Waals surface area (Å²) >= 11 is 12.3. The lowest BCUT2D eigenvalue weighted by Crippen LogP contribution is -2.38. The standard InChI is InChI=1S/C19H15Cl2FN6O3/c20-15-16(21)27(8-25-15)13(7-12(23)29)28-14-11(19(30)31)5-6-24-17(14)26-18(28)9-1-3-10(22)4-2-9/h1-6,8,13,18H,7H2,(H2,23,29)(H,24,26)(H,30,31). The third-order valence-electron chi connectivity index (χ3n) is 4.87. The number of nitrogens with zero attached hydrogens (tertiary/aromatic N) is 4. The Morgan fingerprint density at radius 1 is 1.23 bits per heavy atom. The predicted octanol–water partition coefficient (Wildman–Crippen LogP) is 3.43. The van der Waals surface area contributed by atoms with E-state index in [1.165, 1.54) is 47.4 Å². The number of halogens is 3. The number of fused-ring (bicyclic) bond motifs is 1. The van der Waals surface area contributed by atoms with Crippen LogP contribution in [0.3, 0.4) is 0 Å². The molecule has 160 valence electrons. The van der Waals surface area contributed by atoms with Crippen molar-refractivity contribution in [1.29, 1.82) is 0 Å². The molecule has 12 heteroatoms. The zero-order valence-electron chi connectivity index (χ0n) is 15.7. The van der Waals surface area contributed by atoms with E-state index in [4.69, 9.17) is 28.9 Å². The number of carboxylic acids is 1. The van der Waals surface area contributed by atoms with Crippen molar-refractivity contribution in [3.63, 3.8) is 0 Å². The van der Waals surface area contributed by atoms with Crippen LogP contribution in [-0.2, 0) is 4.79 Å². The number of carbonyl (C=O) groups is 2. The van der Waals surface area contributed by atoms with Crippen LogP contribution >= 0.6 is 23.2 Å². The maximum Gasteiger partial charge on any atom is 0.338 e. The molecule has 0 radical (unpaired) electrons. The number of aromatic nitrogens is 3. The number of amides is 1. The molecule has 3 aromatic rings. The second kappa shape index (κ2) is 8.05. The Morgan fingerprint density at radius 2 is 1.94 bits per heavy atom. The third kappa shape index (κ3) is 3.75. The number of nitrogens with one attached hydrogen (secondary N) is 1. The number of primary amides is 1. The predicted molar refractivity (Wildman–Crippen MR) is 112 cm³/mol. The van der Waals surface area contributed by atoms with Crippen molar-refractivity contribution in [2.24, 2.45) is 5.73 Å². The summed E-state index contributed by atoms with van der Waals surface area (Å²) in [6, 6.07) is 6.96. The van der Waals surface area contributed by atoms with Crippen molar-refractivity contribution >= 4 is 46.6 Å². The summed E-state index contributed by atoms with van der Waals surface area (Å²) in [5, 5.41) is 12.9. The average molecular weight is 465 g/mol. The molecule has 2 aromatic heterocycles. The van der Waals surface area contributed by atoms with E-state index >= 15 is 0 Å². The van der Waals surface area contributed by atoms with Crippen LogP contribution in [0.4, 0.5) is 15.9 Å². The van der Waals surface area contributed by atoms with Gasteiger partial charge < -0.3 is 21.1 Å². The topological polar surface area (TPSA) is 126 Å². The van der Waals surface area contributed by atoms with Gasteiger partial charge in [0.1, 0.15) is 23.3 Å². The minimum absolute atomic E-state index is 0.00601. The number of pyridine rings is 1. The second-order valence-corrected chi connectivity index (χ2v) is 7.47. The van der Waals surface area contributed by atoms with Gasteiger partial charge in [-0.25, -0.2) is 19.2 Å². The fourth-order valence-electron chi connectivity index (χ4n) is 3.57. The van der Waals surface area contributed by atoms with Gasteiger partial charge in [-0.1, -0.05) is 35.3 Å². The average Bonchev–Trinajstić information content (AvgIpc) is 3.27. The first-order chi connectivity index (χ1) is 14.8. The van der Waals surface area contributed by atoms with E-state index in [0.717, 1.165) is 0 Å². The maximum absolute atomic E-state index is 13.5. The van der Waals surface area contributed by atoms with Gasteiger partial charge in [0.25, 0.3) is 0 Å².